The Balaban J connectivity index is 1.84. The molecule has 3 heteroatoms. The van der Waals surface area contributed by atoms with E-state index in [-0.39, 0.29) is 11.9 Å². The molecule has 1 aromatic rings. The number of amides is 1. The molecular formula is C13H16N2O. The smallest absolute Gasteiger partial charge is 0.244 e. The van der Waals surface area contributed by atoms with Gasteiger partial charge in [-0.15, -0.1) is 0 Å². The van der Waals surface area contributed by atoms with Gasteiger partial charge in [-0.1, -0.05) is 24.3 Å². The molecule has 16 heavy (non-hydrogen) atoms. The summed E-state index contributed by atoms with van der Waals surface area (Å²) in [6.07, 6.45) is 2.31. The summed E-state index contributed by atoms with van der Waals surface area (Å²) >= 11 is 0. The monoisotopic (exact) mass is 216 g/mol. The molecule has 1 aromatic carbocycles. The molecular weight excluding hydrogens is 200 g/mol. The predicted molar refractivity (Wildman–Crippen MR) is 61.8 cm³/mol. The number of rotatable bonds is 1. The van der Waals surface area contributed by atoms with Crippen molar-refractivity contribution in [2.45, 2.75) is 25.4 Å². The van der Waals surface area contributed by atoms with Crippen LogP contribution in [0.2, 0.25) is 0 Å². The van der Waals surface area contributed by atoms with E-state index < -0.39 is 0 Å². The summed E-state index contributed by atoms with van der Waals surface area (Å²) in [4.78, 5) is 14.3. The fraction of sp³-hybridized carbons (Fsp3) is 0.462. The van der Waals surface area contributed by atoms with Gasteiger partial charge in [0.25, 0.3) is 0 Å². The summed E-state index contributed by atoms with van der Waals surface area (Å²) in [5, 5.41) is 3.31. The second-order valence-electron chi connectivity index (χ2n) is 4.55. The highest BCUT2D eigenvalue weighted by molar-refractivity contribution is 5.84. The van der Waals surface area contributed by atoms with E-state index in [1.165, 1.54) is 11.1 Å². The van der Waals surface area contributed by atoms with Crippen molar-refractivity contribution in [2.75, 3.05) is 13.1 Å². The first-order valence-corrected chi connectivity index (χ1v) is 5.96. The van der Waals surface area contributed by atoms with Crippen LogP contribution in [-0.4, -0.2) is 23.9 Å². The van der Waals surface area contributed by atoms with E-state index in [1.54, 1.807) is 0 Å². The average Bonchev–Trinajstić information content (AvgIpc) is 2.98. The second kappa shape index (κ2) is 3.91. The fourth-order valence-electron chi connectivity index (χ4n) is 2.64. The molecule has 1 fully saturated rings. The number of benzene rings is 1. The van der Waals surface area contributed by atoms with Crippen LogP contribution in [0, 0.1) is 0 Å². The number of fused-ring (bicyclic) bond motifs is 1. The van der Waals surface area contributed by atoms with Gasteiger partial charge in [-0.2, -0.15) is 0 Å². The molecule has 2 aliphatic heterocycles. The van der Waals surface area contributed by atoms with Gasteiger partial charge in [0.05, 0.1) is 0 Å². The highest BCUT2D eigenvalue weighted by Crippen LogP contribution is 2.27. The van der Waals surface area contributed by atoms with E-state index in [9.17, 15) is 4.79 Å². The zero-order valence-corrected chi connectivity index (χ0v) is 9.28. The summed E-state index contributed by atoms with van der Waals surface area (Å²) in [6, 6.07) is 8.10. The lowest BCUT2D eigenvalue weighted by atomic mass is 10.0. The molecule has 1 unspecified atom stereocenters. The van der Waals surface area contributed by atoms with Gasteiger partial charge in [-0.05, 0) is 24.0 Å². The van der Waals surface area contributed by atoms with Crippen LogP contribution in [0.5, 0.6) is 0 Å². The SMILES string of the molecule is O=C(C1NCc2ccccc21)N1CCCC1. The number of likely N-dealkylation sites (tertiary alicyclic amines) is 1. The van der Waals surface area contributed by atoms with Crippen LogP contribution < -0.4 is 5.32 Å². The van der Waals surface area contributed by atoms with Crippen LogP contribution in [0.3, 0.4) is 0 Å². The molecule has 0 saturated carbocycles. The second-order valence-corrected chi connectivity index (χ2v) is 4.55. The molecule has 1 saturated heterocycles. The van der Waals surface area contributed by atoms with Crippen molar-refractivity contribution < 1.29 is 4.79 Å². The number of carbonyl (C=O) groups is 1. The van der Waals surface area contributed by atoms with Crippen molar-refractivity contribution in [3.05, 3.63) is 35.4 Å². The Labute approximate surface area is 95.4 Å². The maximum Gasteiger partial charge on any atom is 0.244 e. The van der Waals surface area contributed by atoms with Crippen LogP contribution in [0.1, 0.15) is 30.0 Å². The van der Waals surface area contributed by atoms with E-state index >= 15 is 0 Å². The molecule has 3 rings (SSSR count). The molecule has 2 heterocycles. The van der Waals surface area contributed by atoms with E-state index in [1.807, 2.05) is 17.0 Å². The van der Waals surface area contributed by atoms with Gasteiger partial charge in [0.15, 0.2) is 0 Å². The third-order valence-electron chi connectivity index (χ3n) is 3.53. The summed E-state index contributed by atoms with van der Waals surface area (Å²) in [7, 11) is 0. The maximum atomic E-state index is 12.3. The van der Waals surface area contributed by atoms with Crippen LogP contribution in [0.4, 0.5) is 0 Å². The summed E-state index contributed by atoms with van der Waals surface area (Å²) in [5.41, 5.74) is 2.43. The van der Waals surface area contributed by atoms with Crippen molar-refractivity contribution in [3.63, 3.8) is 0 Å². The highest BCUT2D eigenvalue weighted by atomic mass is 16.2. The standard InChI is InChI=1S/C13H16N2O/c16-13(15-7-3-4-8-15)12-11-6-2-1-5-10(11)9-14-12/h1-2,5-6,12,14H,3-4,7-9H2. The van der Waals surface area contributed by atoms with Crippen molar-refractivity contribution in [2.24, 2.45) is 0 Å². The van der Waals surface area contributed by atoms with Crippen LogP contribution in [0.25, 0.3) is 0 Å². The molecule has 2 aliphatic rings. The first kappa shape index (κ1) is 9.85. The van der Waals surface area contributed by atoms with Crippen LogP contribution in [0.15, 0.2) is 24.3 Å². The minimum atomic E-state index is -0.103. The zero-order chi connectivity index (χ0) is 11.0. The highest BCUT2D eigenvalue weighted by Gasteiger charge is 2.31. The number of hydrogen-bond acceptors (Lipinski definition) is 2. The van der Waals surface area contributed by atoms with Crippen molar-refractivity contribution in [1.29, 1.82) is 0 Å². The van der Waals surface area contributed by atoms with Gasteiger partial charge in [0, 0.05) is 19.6 Å². The Kier molecular flexibility index (Phi) is 2.40. The van der Waals surface area contributed by atoms with Gasteiger partial charge >= 0.3 is 0 Å². The first-order chi connectivity index (χ1) is 7.86. The lowest BCUT2D eigenvalue weighted by Gasteiger charge is -2.20. The summed E-state index contributed by atoms with van der Waals surface area (Å²) in [6.45, 7) is 2.68. The van der Waals surface area contributed by atoms with E-state index in [4.69, 9.17) is 0 Å². The topological polar surface area (TPSA) is 32.3 Å². The van der Waals surface area contributed by atoms with Crippen molar-refractivity contribution in [1.82, 2.24) is 10.2 Å². The summed E-state index contributed by atoms with van der Waals surface area (Å²) < 4.78 is 0. The Hall–Kier alpha value is -1.35. The Morgan fingerprint density at radius 1 is 1.25 bits per heavy atom. The lowest BCUT2D eigenvalue weighted by Crippen LogP contribution is -2.36. The number of hydrogen-bond donors (Lipinski definition) is 1. The van der Waals surface area contributed by atoms with Crippen molar-refractivity contribution >= 4 is 5.91 Å². The largest absolute Gasteiger partial charge is 0.341 e. The first-order valence-electron chi connectivity index (χ1n) is 5.96. The molecule has 0 aromatic heterocycles. The van der Waals surface area contributed by atoms with Gasteiger partial charge in [0.2, 0.25) is 5.91 Å². The van der Waals surface area contributed by atoms with Gasteiger partial charge in [0.1, 0.15) is 6.04 Å². The van der Waals surface area contributed by atoms with Gasteiger partial charge in [-0.25, -0.2) is 0 Å². The van der Waals surface area contributed by atoms with E-state index in [0.29, 0.717) is 0 Å². The maximum absolute atomic E-state index is 12.3. The molecule has 0 bridgehead atoms. The van der Waals surface area contributed by atoms with Gasteiger partial charge in [-0.3, -0.25) is 10.1 Å². The third-order valence-corrected chi connectivity index (χ3v) is 3.53. The van der Waals surface area contributed by atoms with Crippen molar-refractivity contribution in [3.8, 4) is 0 Å². The third kappa shape index (κ3) is 1.52. The minimum Gasteiger partial charge on any atom is -0.341 e. The van der Waals surface area contributed by atoms with E-state index in [2.05, 4.69) is 17.4 Å². The molecule has 0 spiro atoms. The lowest BCUT2D eigenvalue weighted by molar-refractivity contribution is -0.132. The fourth-order valence-corrected chi connectivity index (χ4v) is 2.64. The van der Waals surface area contributed by atoms with E-state index in [0.717, 1.165) is 32.5 Å². The molecule has 1 N–H and O–H groups in total. The average molecular weight is 216 g/mol. The number of nitrogens with one attached hydrogen (secondary N) is 1. The minimum absolute atomic E-state index is 0.103. The molecule has 0 aliphatic carbocycles. The normalized spacial score (nSPS) is 23.5. The number of nitrogens with zero attached hydrogens (tertiary/aromatic N) is 1. The number of carbonyl (C=O) groups excluding carboxylic acids is 1. The predicted octanol–water partition coefficient (Wildman–Crippen LogP) is 1.45. The Morgan fingerprint density at radius 3 is 2.81 bits per heavy atom. The molecule has 3 nitrogen and oxygen atoms in total. The molecule has 0 radical (unpaired) electrons. The van der Waals surface area contributed by atoms with Gasteiger partial charge < -0.3 is 4.90 Å². The molecule has 84 valence electrons. The Bertz CT molecular complexity index is 410. The molecule has 1 amide bonds. The Morgan fingerprint density at radius 2 is 2.00 bits per heavy atom. The summed E-state index contributed by atoms with van der Waals surface area (Å²) in [5.74, 6) is 0.252. The molecule has 1 atom stereocenters. The van der Waals surface area contributed by atoms with Crippen LogP contribution >= 0.6 is 0 Å². The zero-order valence-electron chi connectivity index (χ0n) is 9.28. The van der Waals surface area contributed by atoms with Crippen LogP contribution in [-0.2, 0) is 11.3 Å². The quantitative estimate of drug-likeness (QED) is 0.770.